The third-order valence-corrected chi connectivity index (χ3v) is 5.73. The van der Waals surface area contributed by atoms with E-state index in [0.717, 1.165) is 70.4 Å². The summed E-state index contributed by atoms with van der Waals surface area (Å²) in [4.78, 5) is 17.0. The van der Waals surface area contributed by atoms with Crippen molar-refractivity contribution in [3.8, 4) is 0 Å². The topological polar surface area (TPSA) is 44.8 Å². The number of carbonyl (C=O) groups is 1. The second-order valence-electron chi connectivity index (χ2n) is 7.25. The van der Waals surface area contributed by atoms with Crippen LogP contribution in [0.5, 0.6) is 0 Å². The van der Waals surface area contributed by atoms with Crippen molar-refractivity contribution in [1.82, 2.24) is 10.2 Å². The highest BCUT2D eigenvalue weighted by Gasteiger charge is 2.34. The van der Waals surface area contributed by atoms with Crippen molar-refractivity contribution in [1.29, 1.82) is 0 Å². The molecule has 0 radical (unpaired) electrons. The summed E-state index contributed by atoms with van der Waals surface area (Å²) in [6.45, 7) is 7.55. The fraction of sp³-hybridized carbons (Fsp3) is 0.632. The SMILES string of the molecule is O=C(Cc1ccc(N2CCOCC2)cc1)N1CCC2CNCC2C1. The molecule has 3 saturated heterocycles. The highest BCUT2D eigenvalue weighted by molar-refractivity contribution is 5.79. The van der Waals surface area contributed by atoms with Crippen LogP contribution in [0.25, 0.3) is 0 Å². The summed E-state index contributed by atoms with van der Waals surface area (Å²) in [5.74, 6) is 1.72. The van der Waals surface area contributed by atoms with E-state index in [9.17, 15) is 4.79 Å². The third kappa shape index (κ3) is 3.42. The molecule has 0 aliphatic carbocycles. The summed E-state index contributed by atoms with van der Waals surface area (Å²) in [5.41, 5.74) is 2.34. The maximum atomic E-state index is 12.6. The van der Waals surface area contributed by atoms with Crippen LogP contribution in [-0.2, 0) is 16.0 Å². The number of anilines is 1. The minimum absolute atomic E-state index is 0.277. The molecule has 5 nitrogen and oxygen atoms in total. The Balaban J connectivity index is 1.33. The Hall–Kier alpha value is -1.59. The zero-order valence-electron chi connectivity index (χ0n) is 14.2. The van der Waals surface area contributed by atoms with Gasteiger partial charge in [0.15, 0.2) is 0 Å². The molecule has 130 valence electrons. The summed E-state index contributed by atoms with van der Waals surface area (Å²) in [6, 6.07) is 8.49. The number of nitrogens with one attached hydrogen (secondary N) is 1. The van der Waals surface area contributed by atoms with Crippen molar-refractivity contribution < 1.29 is 9.53 Å². The molecule has 1 aromatic rings. The van der Waals surface area contributed by atoms with Crippen LogP contribution in [0.15, 0.2) is 24.3 Å². The number of hydrogen-bond acceptors (Lipinski definition) is 4. The predicted molar refractivity (Wildman–Crippen MR) is 94.2 cm³/mol. The summed E-state index contributed by atoms with van der Waals surface area (Å²) in [6.07, 6.45) is 1.67. The molecule has 2 atom stereocenters. The lowest BCUT2D eigenvalue weighted by Gasteiger charge is -2.34. The molecule has 0 bridgehead atoms. The first-order valence-corrected chi connectivity index (χ1v) is 9.20. The van der Waals surface area contributed by atoms with Crippen LogP contribution >= 0.6 is 0 Å². The number of carbonyl (C=O) groups excluding carboxylic acids is 1. The second kappa shape index (κ2) is 7.11. The van der Waals surface area contributed by atoms with E-state index in [1.807, 2.05) is 0 Å². The summed E-state index contributed by atoms with van der Waals surface area (Å²) in [7, 11) is 0. The average Bonchev–Trinajstić information content (AvgIpc) is 3.11. The van der Waals surface area contributed by atoms with Crippen LogP contribution < -0.4 is 10.2 Å². The van der Waals surface area contributed by atoms with Gasteiger partial charge in [0.1, 0.15) is 0 Å². The van der Waals surface area contributed by atoms with Gasteiger partial charge in [-0.15, -0.1) is 0 Å². The molecule has 0 saturated carbocycles. The smallest absolute Gasteiger partial charge is 0.226 e. The quantitative estimate of drug-likeness (QED) is 0.903. The van der Waals surface area contributed by atoms with Gasteiger partial charge >= 0.3 is 0 Å². The van der Waals surface area contributed by atoms with E-state index in [2.05, 4.69) is 39.4 Å². The van der Waals surface area contributed by atoms with E-state index >= 15 is 0 Å². The van der Waals surface area contributed by atoms with Crippen molar-refractivity contribution in [3.05, 3.63) is 29.8 Å². The molecule has 0 aromatic heterocycles. The first-order chi connectivity index (χ1) is 11.8. The first-order valence-electron chi connectivity index (χ1n) is 9.20. The van der Waals surface area contributed by atoms with Crippen LogP contribution in [0.1, 0.15) is 12.0 Å². The molecule has 4 rings (SSSR count). The average molecular weight is 329 g/mol. The minimum atomic E-state index is 0.277. The molecule has 1 N–H and O–H groups in total. The van der Waals surface area contributed by atoms with E-state index in [-0.39, 0.29) is 5.91 Å². The number of hydrogen-bond donors (Lipinski definition) is 1. The number of rotatable bonds is 3. The summed E-state index contributed by atoms with van der Waals surface area (Å²) in [5, 5.41) is 3.46. The Morgan fingerprint density at radius 3 is 2.62 bits per heavy atom. The van der Waals surface area contributed by atoms with Crippen molar-refractivity contribution in [2.45, 2.75) is 12.8 Å². The van der Waals surface area contributed by atoms with Gasteiger partial charge in [-0.1, -0.05) is 12.1 Å². The van der Waals surface area contributed by atoms with Gasteiger partial charge in [0, 0.05) is 31.9 Å². The Kier molecular flexibility index (Phi) is 4.72. The number of likely N-dealkylation sites (tertiary alicyclic amines) is 1. The Bertz CT molecular complexity index is 568. The van der Waals surface area contributed by atoms with Crippen LogP contribution in [0.4, 0.5) is 5.69 Å². The highest BCUT2D eigenvalue weighted by Crippen LogP contribution is 2.27. The number of morpholine rings is 1. The molecule has 1 aromatic carbocycles. The van der Waals surface area contributed by atoms with E-state index < -0.39 is 0 Å². The number of piperidine rings is 1. The number of nitrogens with zero attached hydrogens (tertiary/aromatic N) is 2. The Morgan fingerprint density at radius 2 is 1.83 bits per heavy atom. The summed E-state index contributed by atoms with van der Waals surface area (Å²) < 4.78 is 5.40. The Labute approximate surface area is 144 Å². The molecular weight excluding hydrogens is 302 g/mol. The normalized spacial score (nSPS) is 27.2. The molecule has 3 aliphatic rings. The van der Waals surface area contributed by atoms with Gasteiger partial charge in [-0.05, 0) is 49.0 Å². The maximum absolute atomic E-state index is 12.6. The lowest BCUT2D eigenvalue weighted by atomic mass is 9.88. The van der Waals surface area contributed by atoms with Crippen LogP contribution in [0, 0.1) is 11.8 Å². The molecule has 0 spiro atoms. The maximum Gasteiger partial charge on any atom is 0.226 e. The molecule has 24 heavy (non-hydrogen) atoms. The van der Waals surface area contributed by atoms with Crippen LogP contribution in [-0.4, -0.2) is 63.3 Å². The standard InChI is InChI=1S/C19H27N3O2/c23-19(22-6-5-16-12-20-13-17(16)14-22)11-15-1-3-18(4-2-15)21-7-9-24-10-8-21/h1-4,16-17,20H,5-14H2. The van der Waals surface area contributed by atoms with E-state index in [4.69, 9.17) is 4.74 Å². The van der Waals surface area contributed by atoms with Crippen LogP contribution in [0.2, 0.25) is 0 Å². The van der Waals surface area contributed by atoms with Gasteiger partial charge in [-0.25, -0.2) is 0 Å². The highest BCUT2D eigenvalue weighted by atomic mass is 16.5. The summed E-state index contributed by atoms with van der Waals surface area (Å²) >= 11 is 0. The predicted octanol–water partition coefficient (Wildman–Crippen LogP) is 1.13. The van der Waals surface area contributed by atoms with Gasteiger partial charge in [0.2, 0.25) is 5.91 Å². The lowest BCUT2D eigenvalue weighted by molar-refractivity contribution is -0.132. The van der Waals surface area contributed by atoms with E-state index in [1.165, 1.54) is 5.69 Å². The lowest BCUT2D eigenvalue weighted by Crippen LogP contribution is -2.44. The zero-order valence-corrected chi connectivity index (χ0v) is 14.2. The van der Waals surface area contributed by atoms with Gasteiger partial charge in [0.25, 0.3) is 0 Å². The molecule has 3 aliphatic heterocycles. The largest absolute Gasteiger partial charge is 0.378 e. The fourth-order valence-corrected chi connectivity index (χ4v) is 4.19. The zero-order chi connectivity index (χ0) is 16.4. The van der Waals surface area contributed by atoms with Crippen LogP contribution in [0.3, 0.4) is 0 Å². The third-order valence-electron chi connectivity index (χ3n) is 5.73. The fourth-order valence-electron chi connectivity index (χ4n) is 4.19. The van der Waals surface area contributed by atoms with Crippen molar-refractivity contribution >= 4 is 11.6 Å². The molecule has 2 unspecified atom stereocenters. The number of fused-ring (bicyclic) bond motifs is 1. The van der Waals surface area contributed by atoms with Crippen molar-refractivity contribution in [3.63, 3.8) is 0 Å². The first kappa shape index (κ1) is 15.9. The molecule has 3 heterocycles. The minimum Gasteiger partial charge on any atom is -0.378 e. The molecule has 3 fully saturated rings. The van der Waals surface area contributed by atoms with Gasteiger partial charge < -0.3 is 19.9 Å². The monoisotopic (exact) mass is 329 g/mol. The van der Waals surface area contributed by atoms with Crippen molar-refractivity contribution in [2.75, 3.05) is 57.4 Å². The van der Waals surface area contributed by atoms with Gasteiger partial charge in [-0.2, -0.15) is 0 Å². The number of amides is 1. The van der Waals surface area contributed by atoms with E-state index in [1.54, 1.807) is 0 Å². The Morgan fingerprint density at radius 1 is 1.08 bits per heavy atom. The van der Waals surface area contributed by atoms with Gasteiger partial charge in [0.05, 0.1) is 19.6 Å². The van der Waals surface area contributed by atoms with Crippen molar-refractivity contribution in [2.24, 2.45) is 11.8 Å². The van der Waals surface area contributed by atoms with Gasteiger partial charge in [-0.3, -0.25) is 4.79 Å². The molecule has 5 heteroatoms. The molecular formula is C19H27N3O2. The molecule has 1 amide bonds. The second-order valence-corrected chi connectivity index (χ2v) is 7.25. The number of ether oxygens (including phenoxy) is 1. The van der Waals surface area contributed by atoms with E-state index in [0.29, 0.717) is 12.3 Å². The number of benzene rings is 1.